The van der Waals surface area contributed by atoms with Gasteiger partial charge in [-0.15, -0.1) is 23.9 Å². The normalized spacial score (nSPS) is 31.2. The summed E-state index contributed by atoms with van der Waals surface area (Å²) in [7, 11) is 0. The fraction of sp³-hybridized carbons (Fsp3) is 0.818. The summed E-state index contributed by atoms with van der Waals surface area (Å²) in [5.74, 6) is 3.37. The van der Waals surface area contributed by atoms with Crippen LogP contribution in [0, 0.1) is 23.7 Å². The molecule has 0 aromatic carbocycles. The van der Waals surface area contributed by atoms with Gasteiger partial charge in [0.2, 0.25) is 0 Å². The van der Waals surface area contributed by atoms with Crippen LogP contribution in [-0.4, -0.2) is 5.38 Å². The number of alkyl halides is 1. The van der Waals surface area contributed by atoms with E-state index in [0.717, 1.165) is 6.42 Å². The van der Waals surface area contributed by atoms with Crippen LogP contribution in [0.25, 0.3) is 0 Å². The number of halogens is 1. The Balaban J connectivity index is 2.67. The molecule has 68 valence electrons. The number of hydrogen-bond donors (Lipinski definition) is 0. The first-order valence-electron chi connectivity index (χ1n) is 4.70. The highest BCUT2D eigenvalue weighted by Crippen LogP contribution is 2.40. The van der Waals surface area contributed by atoms with Crippen molar-refractivity contribution in [3.63, 3.8) is 0 Å². The van der Waals surface area contributed by atoms with Crippen LogP contribution in [-0.2, 0) is 0 Å². The van der Waals surface area contributed by atoms with E-state index in [0.29, 0.717) is 11.3 Å². The van der Waals surface area contributed by atoms with E-state index in [-0.39, 0.29) is 5.41 Å². The van der Waals surface area contributed by atoms with Crippen molar-refractivity contribution in [1.29, 1.82) is 0 Å². The lowest BCUT2D eigenvalue weighted by molar-refractivity contribution is 0.225. The van der Waals surface area contributed by atoms with Crippen LogP contribution in [0.5, 0.6) is 0 Å². The maximum atomic E-state index is 6.25. The molecule has 12 heavy (non-hydrogen) atoms. The topological polar surface area (TPSA) is 0 Å². The van der Waals surface area contributed by atoms with Gasteiger partial charge in [-0.3, -0.25) is 0 Å². The van der Waals surface area contributed by atoms with Crippen LogP contribution in [0.4, 0.5) is 0 Å². The molecule has 1 saturated carbocycles. The second-order valence-corrected chi connectivity index (χ2v) is 4.83. The minimum Gasteiger partial charge on any atom is -0.123 e. The molecule has 0 aromatic rings. The monoisotopic (exact) mass is 184 g/mol. The van der Waals surface area contributed by atoms with Crippen molar-refractivity contribution in [2.45, 2.75) is 44.9 Å². The minimum absolute atomic E-state index is 0.0210. The van der Waals surface area contributed by atoms with E-state index in [1.807, 2.05) is 0 Å². The molecule has 0 nitrogen and oxygen atoms in total. The van der Waals surface area contributed by atoms with E-state index >= 15 is 0 Å². The van der Waals surface area contributed by atoms with E-state index in [4.69, 9.17) is 18.0 Å². The maximum Gasteiger partial charge on any atom is 0.0378 e. The Morgan fingerprint density at radius 3 is 2.42 bits per heavy atom. The van der Waals surface area contributed by atoms with E-state index in [1.54, 1.807) is 0 Å². The first-order chi connectivity index (χ1) is 5.58. The predicted octanol–water partition coefficient (Wildman–Crippen LogP) is 3.44. The van der Waals surface area contributed by atoms with Crippen molar-refractivity contribution in [1.82, 2.24) is 0 Å². The second-order valence-electron chi connectivity index (χ2n) is 4.27. The SMILES string of the molecule is C#CC(C)(C)C1CCCCC1Cl. The number of hydrogen-bond acceptors (Lipinski definition) is 0. The summed E-state index contributed by atoms with van der Waals surface area (Å²) in [6.07, 6.45) is 10.4. The molecule has 0 heterocycles. The Kier molecular flexibility index (Phi) is 3.07. The highest BCUT2D eigenvalue weighted by Gasteiger charge is 2.34. The molecule has 0 bridgehead atoms. The van der Waals surface area contributed by atoms with Gasteiger partial charge in [-0.25, -0.2) is 0 Å². The van der Waals surface area contributed by atoms with Gasteiger partial charge in [0.25, 0.3) is 0 Å². The number of rotatable bonds is 1. The van der Waals surface area contributed by atoms with E-state index in [2.05, 4.69) is 19.8 Å². The molecule has 1 aliphatic carbocycles. The largest absolute Gasteiger partial charge is 0.123 e. The zero-order valence-corrected chi connectivity index (χ0v) is 8.69. The van der Waals surface area contributed by atoms with Gasteiger partial charge in [-0.1, -0.05) is 12.8 Å². The molecular formula is C11H17Cl. The first kappa shape index (κ1) is 9.93. The molecule has 1 heteroatoms. The van der Waals surface area contributed by atoms with E-state index in [1.165, 1.54) is 19.3 Å². The molecule has 0 spiro atoms. The molecule has 1 rings (SSSR count). The van der Waals surface area contributed by atoms with Crippen molar-refractivity contribution in [3.05, 3.63) is 0 Å². The first-order valence-corrected chi connectivity index (χ1v) is 5.13. The standard InChI is InChI=1S/C11H17Cl/c1-4-11(2,3)9-7-5-6-8-10(9)12/h1,9-10H,5-8H2,2-3H3. The quantitative estimate of drug-likeness (QED) is 0.433. The van der Waals surface area contributed by atoms with E-state index in [9.17, 15) is 0 Å². The Bertz CT molecular complexity index is 188. The van der Waals surface area contributed by atoms with Gasteiger partial charge in [0, 0.05) is 10.8 Å². The molecule has 0 aromatic heterocycles. The van der Waals surface area contributed by atoms with Crippen molar-refractivity contribution < 1.29 is 0 Å². The van der Waals surface area contributed by atoms with Gasteiger partial charge in [-0.2, -0.15) is 0 Å². The Morgan fingerprint density at radius 2 is 1.92 bits per heavy atom. The summed E-state index contributed by atoms with van der Waals surface area (Å²) >= 11 is 6.25. The van der Waals surface area contributed by atoms with Gasteiger partial charge in [-0.05, 0) is 32.6 Å². The van der Waals surface area contributed by atoms with Gasteiger partial charge in [0.1, 0.15) is 0 Å². The van der Waals surface area contributed by atoms with Crippen molar-refractivity contribution in [3.8, 4) is 12.3 Å². The molecule has 0 N–H and O–H groups in total. The lowest BCUT2D eigenvalue weighted by Gasteiger charge is -2.36. The summed E-state index contributed by atoms with van der Waals surface area (Å²) in [6.45, 7) is 4.25. The van der Waals surface area contributed by atoms with Crippen LogP contribution < -0.4 is 0 Å². The van der Waals surface area contributed by atoms with E-state index < -0.39 is 0 Å². The Labute approximate surface area is 80.7 Å². The zero-order valence-electron chi connectivity index (χ0n) is 7.94. The molecular weight excluding hydrogens is 168 g/mol. The van der Waals surface area contributed by atoms with Crippen LogP contribution in [0.3, 0.4) is 0 Å². The molecule has 1 aliphatic rings. The van der Waals surface area contributed by atoms with Crippen LogP contribution >= 0.6 is 11.6 Å². The Hall–Kier alpha value is -0.150. The van der Waals surface area contributed by atoms with Gasteiger partial charge in [0.15, 0.2) is 0 Å². The summed E-state index contributed by atoms with van der Waals surface area (Å²) in [4.78, 5) is 0. The molecule has 0 aliphatic heterocycles. The minimum atomic E-state index is -0.0210. The lowest BCUT2D eigenvalue weighted by atomic mass is 9.71. The fourth-order valence-corrected chi connectivity index (χ4v) is 2.60. The van der Waals surface area contributed by atoms with Gasteiger partial charge < -0.3 is 0 Å². The van der Waals surface area contributed by atoms with Gasteiger partial charge >= 0.3 is 0 Å². The predicted molar refractivity (Wildman–Crippen MR) is 54.2 cm³/mol. The van der Waals surface area contributed by atoms with Crippen molar-refractivity contribution >= 4 is 11.6 Å². The summed E-state index contributed by atoms with van der Waals surface area (Å²) in [6, 6.07) is 0. The smallest absolute Gasteiger partial charge is 0.0378 e. The summed E-state index contributed by atoms with van der Waals surface area (Å²) in [5, 5.41) is 0.296. The molecule has 2 atom stereocenters. The zero-order chi connectivity index (χ0) is 9.19. The average molecular weight is 185 g/mol. The average Bonchev–Trinajstić information content (AvgIpc) is 2.05. The molecule has 0 radical (unpaired) electrons. The van der Waals surface area contributed by atoms with Crippen molar-refractivity contribution in [2.75, 3.05) is 0 Å². The molecule has 0 saturated heterocycles. The lowest BCUT2D eigenvalue weighted by Crippen LogP contribution is -2.32. The van der Waals surface area contributed by atoms with Crippen LogP contribution in [0.15, 0.2) is 0 Å². The second kappa shape index (κ2) is 3.71. The third-order valence-electron chi connectivity index (χ3n) is 2.98. The maximum absolute atomic E-state index is 6.25. The Morgan fingerprint density at radius 1 is 1.33 bits per heavy atom. The highest BCUT2D eigenvalue weighted by molar-refractivity contribution is 6.20. The van der Waals surface area contributed by atoms with Crippen molar-refractivity contribution in [2.24, 2.45) is 11.3 Å². The molecule has 0 amide bonds. The van der Waals surface area contributed by atoms with Crippen LogP contribution in [0.1, 0.15) is 39.5 Å². The third-order valence-corrected chi connectivity index (χ3v) is 3.50. The third kappa shape index (κ3) is 1.96. The summed E-state index contributed by atoms with van der Waals surface area (Å²) < 4.78 is 0. The molecule has 1 fully saturated rings. The molecule has 2 unspecified atom stereocenters. The number of terminal acetylenes is 1. The highest BCUT2D eigenvalue weighted by atomic mass is 35.5. The van der Waals surface area contributed by atoms with Crippen LogP contribution in [0.2, 0.25) is 0 Å². The fourth-order valence-electron chi connectivity index (χ4n) is 2.01. The summed E-state index contributed by atoms with van der Waals surface area (Å²) in [5.41, 5.74) is -0.0210. The van der Waals surface area contributed by atoms with Gasteiger partial charge in [0.05, 0.1) is 0 Å².